The second-order valence-corrected chi connectivity index (χ2v) is 6.96. The Morgan fingerprint density at radius 1 is 1.24 bits per heavy atom. The fraction of sp³-hybridized carbons (Fsp3) is 0.222. The minimum atomic E-state index is -0.245. The van der Waals surface area contributed by atoms with Crippen molar-refractivity contribution in [2.24, 2.45) is 0 Å². The van der Waals surface area contributed by atoms with E-state index in [4.69, 9.17) is 4.74 Å². The fourth-order valence-electron chi connectivity index (χ4n) is 2.24. The van der Waals surface area contributed by atoms with Crippen LogP contribution in [-0.2, 0) is 4.79 Å². The molecule has 0 bridgehead atoms. The average molecular weight is 423 g/mol. The Morgan fingerprint density at radius 2 is 1.96 bits per heavy atom. The lowest BCUT2D eigenvalue weighted by Gasteiger charge is -2.18. The lowest BCUT2D eigenvalue weighted by atomic mass is 10.2. The Labute approximate surface area is 159 Å². The van der Waals surface area contributed by atoms with Crippen LogP contribution in [0.2, 0.25) is 0 Å². The zero-order valence-electron chi connectivity index (χ0n) is 14.2. The van der Waals surface area contributed by atoms with Crippen LogP contribution >= 0.6 is 27.7 Å². The van der Waals surface area contributed by atoms with Crippen molar-refractivity contribution < 1.29 is 14.3 Å². The number of likely N-dealkylation sites (N-methyl/N-ethyl adjacent to an activating group) is 1. The molecule has 2 aromatic rings. The predicted molar refractivity (Wildman–Crippen MR) is 105 cm³/mol. The van der Waals surface area contributed by atoms with E-state index >= 15 is 0 Å². The first-order valence-electron chi connectivity index (χ1n) is 7.48. The topological polar surface area (TPSA) is 58.6 Å². The van der Waals surface area contributed by atoms with Crippen LogP contribution in [0.15, 0.2) is 51.8 Å². The van der Waals surface area contributed by atoms with Gasteiger partial charge in [-0.25, -0.2) is 0 Å². The van der Waals surface area contributed by atoms with Crippen LogP contribution < -0.4 is 10.1 Å². The summed E-state index contributed by atoms with van der Waals surface area (Å²) in [4.78, 5) is 27.1. The molecule has 0 saturated heterocycles. The van der Waals surface area contributed by atoms with E-state index in [9.17, 15) is 9.59 Å². The van der Waals surface area contributed by atoms with Crippen molar-refractivity contribution >= 4 is 45.2 Å². The summed E-state index contributed by atoms with van der Waals surface area (Å²) in [6.45, 7) is -0.0365. The number of amides is 2. The number of carbonyl (C=O) groups excluding carboxylic acids is 2. The zero-order chi connectivity index (χ0) is 18.4. The van der Waals surface area contributed by atoms with E-state index < -0.39 is 0 Å². The number of methoxy groups -OCH3 is 1. The van der Waals surface area contributed by atoms with Gasteiger partial charge in [0.2, 0.25) is 5.91 Å². The Hall–Kier alpha value is -1.99. The van der Waals surface area contributed by atoms with Gasteiger partial charge in [-0.15, -0.1) is 11.8 Å². The Bertz CT molecular complexity index is 783. The molecular formula is C18H19BrN2O3S. The smallest absolute Gasteiger partial charge is 0.254 e. The normalized spacial score (nSPS) is 10.2. The minimum absolute atomic E-state index is 0.0365. The SMILES string of the molecule is COc1ccc(C(=O)N(C)CC(=O)Nc2ccccc2SC)cc1Br. The molecule has 1 N–H and O–H groups in total. The second kappa shape index (κ2) is 8.92. The lowest BCUT2D eigenvalue weighted by molar-refractivity contribution is -0.116. The van der Waals surface area contributed by atoms with Gasteiger partial charge in [0, 0.05) is 17.5 Å². The molecule has 0 spiro atoms. The van der Waals surface area contributed by atoms with Crippen LogP contribution in [0.5, 0.6) is 5.75 Å². The standard InChI is InChI=1S/C18H19BrN2O3S/c1-21(18(23)12-8-9-15(24-2)13(19)10-12)11-17(22)20-14-6-4-5-7-16(14)25-3/h4-10H,11H2,1-3H3,(H,20,22). The number of hydrogen-bond donors (Lipinski definition) is 1. The highest BCUT2D eigenvalue weighted by molar-refractivity contribution is 9.10. The number of carbonyl (C=O) groups is 2. The van der Waals surface area contributed by atoms with Crippen LogP contribution in [-0.4, -0.2) is 43.7 Å². The number of halogens is 1. The van der Waals surface area contributed by atoms with Crippen molar-refractivity contribution in [3.63, 3.8) is 0 Å². The summed E-state index contributed by atoms with van der Waals surface area (Å²) in [5, 5.41) is 2.85. The van der Waals surface area contributed by atoms with Crippen LogP contribution in [0.3, 0.4) is 0 Å². The van der Waals surface area contributed by atoms with E-state index in [1.807, 2.05) is 30.5 Å². The molecular weight excluding hydrogens is 404 g/mol. The molecule has 0 fully saturated rings. The second-order valence-electron chi connectivity index (χ2n) is 5.26. The number of ether oxygens (including phenoxy) is 1. The molecule has 0 atom stereocenters. The first-order chi connectivity index (χ1) is 12.0. The minimum Gasteiger partial charge on any atom is -0.496 e. The molecule has 2 aromatic carbocycles. The predicted octanol–water partition coefficient (Wildman–Crippen LogP) is 3.89. The Balaban J connectivity index is 2.03. The van der Waals surface area contributed by atoms with E-state index in [-0.39, 0.29) is 18.4 Å². The maximum atomic E-state index is 12.5. The molecule has 0 radical (unpaired) electrons. The van der Waals surface area contributed by atoms with E-state index in [0.717, 1.165) is 10.6 Å². The molecule has 132 valence electrons. The van der Waals surface area contributed by atoms with Crippen LogP contribution in [0, 0.1) is 0 Å². The molecule has 0 unspecified atom stereocenters. The van der Waals surface area contributed by atoms with Crippen LogP contribution in [0.25, 0.3) is 0 Å². The maximum Gasteiger partial charge on any atom is 0.254 e. The fourth-order valence-corrected chi connectivity index (χ4v) is 3.34. The van der Waals surface area contributed by atoms with Crippen molar-refractivity contribution in [3.05, 3.63) is 52.5 Å². The first-order valence-corrected chi connectivity index (χ1v) is 9.50. The molecule has 7 heteroatoms. The summed E-state index contributed by atoms with van der Waals surface area (Å²) in [6.07, 6.45) is 1.95. The number of anilines is 1. The maximum absolute atomic E-state index is 12.5. The summed E-state index contributed by atoms with van der Waals surface area (Å²) in [5.41, 5.74) is 1.22. The number of nitrogens with zero attached hydrogens (tertiary/aromatic N) is 1. The molecule has 5 nitrogen and oxygen atoms in total. The first kappa shape index (κ1) is 19.3. The van der Waals surface area contributed by atoms with Crippen molar-refractivity contribution in [1.82, 2.24) is 4.90 Å². The van der Waals surface area contributed by atoms with Gasteiger partial charge in [-0.2, -0.15) is 0 Å². The highest BCUT2D eigenvalue weighted by Gasteiger charge is 2.17. The van der Waals surface area contributed by atoms with Crippen molar-refractivity contribution in [3.8, 4) is 5.75 Å². The molecule has 0 saturated carbocycles. The molecule has 2 amide bonds. The average Bonchev–Trinajstić information content (AvgIpc) is 2.61. The number of rotatable bonds is 6. The van der Waals surface area contributed by atoms with Crippen LogP contribution in [0.1, 0.15) is 10.4 Å². The third kappa shape index (κ3) is 4.99. The van der Waals surface area contributed by atoms with Gasteiger partial charge >= 0.3 is 0 Å². The largest absolute Gasteiger partial charge is 0.496 e. The van der Waals surface area contributed by atoms with Crippen LogP contribution in [0.4, 0.5) is 5.69 Å². The molecule has 0 aliphatic heterocycles. The number of thioether (sulfide) groups is 1. The Kier molecular flexibility index (Phi) is 6.90. The summed E-state index contributed by atoms with van der Waals surface area (Å²) >= 11 is 4.91. The zero-order valence-corrected chi connectivity index (χ0v) is 16.6. The lowest BCUT2D eigenvalue weighted by Crippen LogP contribution is -2.35. The van der Waals surface area contributed by atoms with E-state index in [2.05, 4.69) is 21.2 Å². The van der Waals surface area contributed by atoms with Gasteiger partial charge in [-0.05, 0) is 52.5 Å². The van der Waals surface area contributed by atoms with Gasteiger partial charge in [0.1, 0.15) is 5.75 Å². The van der Waals surface area contributed by atoms with Crippen molar-refractivity contribution in [1.29, 1.82) is 0 Å². The third-order valence-corrected chi connectivity index (χ3v) is 4.92. The summed E-state index contributed by atoms with van der Waals surface area (Å²) < 4.78 is 5.84. The molecule has 0 aliphatic rings. The van der Waals surface area contributed by atoms with Crippen molar-refractivity contribution in [2.75, 3.05) is 32.3 Å². The quantitative estimate of drug-likeness (QED) is 0.717. The number of para-hydroxylation sites is 1. The van der Waals surface area contributed by atoms with E-state index in [0.29, 0.717) is 15.8 Å². The molecule has 0 aliphatic carbocycles. The monoisotopic (exact) mass is 422 g/mol. The van der Waals surface area contributed by atoms with Gasteiger partial charge in [-0.3, -0.25) is 9.59 Å². The van der Waals surface area contributed by atoms with Gasteiger partial charge in [-0.1, -0.05) is 12.1 Å². The summed E-state index contributed by atoms with van der Waals surface area (Å²) in [5.74, 6) is 0.159. The highest BCUT2D eigenvalue weighted by atomic mass is 79.9. The van der Waals surface area contributed by atoms with E-state index in [1.165, 1.54) is 4.90 Å². The van der Waals surface area contributed by atoms with Gasteiger partial charge in [0.15, 0.2) is 0 Å². The number of benzene rings is 2. The number of hydrogen-bond acceptors (Lipinski definition) is 4. The molecule has 2 rings (SSSR count). The Morgan fingerprint density at radius 3 is 2.60 bits per heavy atom. The van der Waals surface area contributed by atoms with Gasteiger partial charge in [0.25, 0.3) is 5.91 Å². The highest BCUT2D eigenvalue weighted by Crippen LogP contribution is 2.26. The summed E-state index contributed by atoms with van der Waals surface area (Å²) in [7, 11) is 3.16. The van der Waals surface area contributed by atoms with E-state index in [1.54, 1.807) is 44.1 Å². The summed E-state index contributed by atoms with van der Waals surface area (Å²) in [6, 6.07) is 12.6. The molecule has 0 aromatic heterocycles. The van der Waals surface area contributed by atoms with Gasteiger partial charge in [0.05, 0.1) is 23.8 Å². The molecule has 25 heavy (non-hydrogen) atoms. The van der Waals surface area contributed by atoms with Crippen molar-refractivity contribution in [2.45, 2.75) is 4.90 Å². The van der Waals surface area contributed by atoms with Gasteiger partial charge < -0.3 is 15.0 Å². The number of nitrogens with one attached hydrogen (secondary N) is 1. The third-order valence-electron chi connectivity index (χ3n) is 3.51. The molecule has 0 heterocycles.